The smallest absolute Gasteiger partial charge is 0.344 e. The van der Waals surface area contributed by atoms with Crippen molar-refractivity contribution in [2.45, 2.75) is 26.1 Å². The van der Waals surface area contributed by atoms with Crippen molar-refractivity contribution in [3.05, 3.63) is 48.5 Å². The molecule has 0 heterocycles. The summed E-state index contributed by atoms with van der Waals surface area (Å²) in [6.45, 7) is 2.89. The van der Waals surface area contributed by atoms with Gasteiger partial charge in [0.05, 0.1) is 0 Å². The second-order valence-electron chi connectivity index (χ2n) is 5.24. The fraction of sp³-hybridized carbons (Fsp3) is 0.222. The molecule has 0 saturated carbocycles. The quantitative estimate of drug-likeness (QED) is 0.757. The van der Waals surface area contributed by atoms with Crippen LogP contribution in [0.15, 0.2) is 48.5 Å². The van der Waals surface area contributed by atoms with Gasteiger partial charge < -0.3 is 24.4 Å². The standard InChI is InChI=1S/C18H18O7/c1-11(17(19)20)23-13-3-7-15(8-4-13)25-16-9-5-14(6-10-16)24-12(2)18(21)22/h3-12H,1-2H3,(H,19,20)(H,21,22). The Morgan fingerprint density at radius 2 is 0.960 bits per heavy atom. The molecule has 0 aliphatic heterocycles. The Labute approximate surface area is 144 Å². The highest BCUT2D eigenvalue weighted by Crippen LogP contribution is 2.26. The molecule has 0 bridgehead atoms. The number of ether oxygens (including phenoxy) is 3. The fourth-order valence-electron chi connectivity index (χ4n) is 1.82. The Hall–Kier alpha value is -3.22. The average molecular weight is 346 g/mol. The summed E-state index contributed by atoms with van der Waals surface area (Å²) in [5, 5.41) is 17.6. The van der Waals surface area contributed by atoms with E-state index in [2.05, 4.69) is 0 Å². The second-order valence-corrected chi connectivity index (χ2v) is 5.24. The molecule has 0 aliphatic rings. The van der Waals surface area contributed by atoms with Gasteiger partial charge in [-0.25, -0.2) is 9.59 Å². The largest absolute Gasteiger partial charge is 0.479 e. The number of aliphatic carboxylic acids is 2. The molecule has 0 fully saturated rings. The van der Waals surface area contributed by atoms with Gasteiger partial charge in [0, 0.05) is 0 Å². The van der Waals surface area contributed by atoms with Gasteiger partial charge in [0.1, 0.15) is 23.0 Å². The lowest BCUT2D eigenvalue weighted by atomic mass is 10.3. The van der Waals surface area contributed by atoms with E-state index in [1.165, 1.54) is 13.8 Å². The van der Waals surface area contributed by atoms with Crippen LogP contribution in [0.5, 0.6) is 23.0 Å². The summed E-state index contributed by atoms with van der Waals surface area (Å²) in [6, 6.07) is 13.1. The van der Waals surface area contributed by atoms with E-state index < -0.39 is 24.1 Å². The van der Waals surface area contributed by atoms with E-state index in [4.69, 9.17) is 24.4 Å². The molecule has 0 aliphatic carbocycles. The number of hydrogen-bond acceptors (Lipinski definition) is 5. The number of carbonyl (C=O) groups is 2. The van der Waals surface area contributed by atoms with Crippen molar-refractivity contribution in [1.29, 1.82) is 0 Å². The van der Waals surface area contributed by atoms with E-state index >= 15 is 0 Å². The summed E-state index contributed by atoms with van der Waals surface area (Å²) in [5.74, 6) is -0.146. The van der Waals surface area contributed by atoms with E-state index in [-0.39, 0.29) is 0 Å². The van der Waals surface area contributed by atoms with Crippen LogP contribution in [0.3, 0.4) is 0 Å². The van der Waals surface area contributed by atoms with Crippen LogP contribution >= 0.6 is 0 Å². The molecule has 7 nitrogen and oxygen atoms in total. The molecule has 0 saturated heterocycles. The van der Waals surface area contributed by atoms with Gasteiger partial charge >= 0.3 is 11.9 Å². The van der Waals surface area contributed by atoms with Gasteiger partial charge in [0.25, 0.3) is 0 Å². The molecule has 0 radical (unpaired) electrons. The lowest BCUT2D eigenvalue weighted by Gasteiger charge is -2.12. The van der Waals surface area contributed by atoms with Crippen molar-refractivity contribution in [2.75, 3.05) is 0 Å². The SMILES string of the molecule is CC(Oc1ccc(Oc2ccc(OC(C)C(=O)O)cc2)cc1)C(=O)O. The Morgan fingerprint density at radius 3 is 1.24 bits per heavy atom. The number of carboxylic acid groups (broad SMARTS) is 2. The first kappa shape index (κ1) is 18.1. The topological polar surface area (TPSA) is 102 Å². The van der Waals surface area contributed by atoms with E-state index in [0.29, 0.717) is 23.0 Å². The molecular weight excluding hydrogens is 328 g/mol. The third-order valence-electron chi connectivity index (χ3n) is 3.20. The predicted octanol–water partition coefficient (Wildman–Crippen LogP) is 3.18. The van der Waals surface area contributed by atoms with E-state index in [0.717, 1.165) is 0 Å². The van der Waals surface area contributed by atoms with Crippen LogP contribution < -0.4 is 14.2 Å². The fourth-order valence-corrected chi connectivity index (χ4v) is 1.82. The van der Waals surface area contributed by atoms with E-state index in [1.807, 2.05) is 0 Å². The lowest BCUT2D eigenvalue weighted by molar-refractivity contribution is -0.145. The normalized spacial score (nSPS) is 12.7. The number of hydrogen-bond donors (Lipinski definition) is 2. The summed E-state index contributed by atoms with van der Waals surface area (Å²) >= 11 is 0. The van der Waals surface area contributed by atoms with Crippen molar-refractivity contribution >= 4 is 11.9 Å². The maximum absolute atomic E-state index is 10.8. The third-order valence-corrected chi connectivity index (χ3v) is 3.20. The maximum Gasteiger partial charge on any atom is 0.344 e. The predicted molar refractivity (Wildman–Crippen MR) is 88.4 cm³/mol. The Balaban J connectivity index is 1.95. The molecule has 2 aromatic rings. The minimum absolute atomic E-state index is 0.425. The first-order chi connectivity index (χ1) is 11.8. The number of carboxylic acids is 2. The lowest BCUT2D eigenvalue weighted by Crippen LogP contribution is -2.22. The Morgan fingerprint density at radius 1 is 0.680 bits per heavy atom. The molecule has 0 amide bonds. The highest BCUT2D eigenvalue weighted by Gasteiger charge is 2.13. The molecule has 2 aromatic carbocycles. The minimum atomic E-state index is -1.04. The highest BCUT2D eigenvalue weighted by atomic mass is 16.5. The summed E-state index contributed by atoms with van der Waals surface area (Å²) in [7, 11) is 0. The van der Waals surface area contributed by atoms with E-state index in [9.17, 15) is 9.59 Å². The zero-order chi connectivity index (χ0) is 18.4. The Bertz CT molecular complexity index is 659. The van der Waals surface area contributed by atoms with Crippen LogP contribution in [-0.2, 0) is 9.59 Å². The molecule has 0 spiro atoms. The molecular formula is C18H18O7. The van der Waals surface area contributed by atoms with Crippen LogP contribution in [0.2, 0.25) is 0 Å². The van der Waals surface area contributed by atoms with Gasteiger partial charge in [0.2, 0.25) is 0 Å². The van der Waals surface area contributed by atoms with Crippen LogP contribution in [0.4, 0.5) is 0 Å². The summed E-state index contributed by atoms with van der Waals surface area (Å²) in [6.07, 6.45) is -1.87. The molecule has 132 valence electrons. The van der Waals surface area contributed by atoms with Crippen LogP contribution in [0, 0.1) is 0 Å². The molecule has 7 heteroatoms. The second kappa shape index (κ2) is 8.05. The molecule has 2 atom stereocenters. The van der Waals surface area contributed by atoms with Crippen molar-refractivity contribution in [3.8, 4) is 23.0 Å². The van der Waals surface area contributed by atoms with Gasteiger partial charge in [-0.05, 0) is 62.4 Å². The summed E-state index contributed by atoms with van der Waals surface area (Å²) in [5.41, 5.74) is 0. The van der Waals surface area contributed by atoms with Crippen molar-refractivity contribution < 1.29 is 34.0 Å². The van der Waals surface area contributed by atoms with Gasteiger partial charge in [-0.2, -0.15) is 0 Å². The highest BCUT2D eigenvalue weighted by molar-refractivity contribution is 5.72. The van der Waals surface area contributed by atoms with E-state index in [1.54, 1.807) is 48.5 Å². The monoisotopic (exact) mass is 346 g/mol. The summed E-state index contributed by atoms with van der Waals surface area (Å²) < 4.78 is 16.1. The van der Waals surface area contributed by atoms with Crippen LogP contribution in [0.1, 0.15) is 13.8 Å². The molecule has 2 unspecified atom stereocenters. The summed E-state index contributed by atoms with van der Waals surface area (Å²) in [4.78, 5) is 21.5. The average Bonchev–Trinajstić information content (AvgIpc) is 2.58. The molecule has 2 N–H and O–H groups in total. The third kappa shape index (κ3) is 5.42. The Kier molecular flexibility index (Phi) is 5.84. The molecule has 2 rings (SSSR count). The van der Waals surface area contributed by atoms with Gasteiger partial charge in [0.15, 0.2) is 12.2 Å². The van der Waals surface area contributed by atoms with Crippen molar-refractivity contribution in [2.24, 2.45) is 0 Å². The van der Waals surface area contributed by atoms with Crippen LogP contribution in [0.25, 0.3) is 0 Å². The molecule has 0 aromatic heterocycles. The van der Waals surface area contributed by atoms with Crippen molar-refractivity contribution in [3.63, 3.8) is 0 Å². The van der Waals surface area contributed by atoms with Crippen molar-refractivity contribution in [1.82, 2.24) is 0 Å². The molecule has 25 heavy (non-hydrogen) atoms. The van der Waals surface area contributed by atoms with Gasteiger partial charge in [-0.15, -0.1) is 0 Å². The number of benzene rings is 2. The van der Waals surface area contributed by atoms with Crippen LogP contribution in [-0.4, -0.2) is 34.4 Å². The zero-order valence-corrected chi connectivity index (χ0v) is 13.7. The van der Waals surface area contributed by atoms with Gasteiger partial charge in [-0.3, -0.25) is 0 Å². The zero-order valence-electron chi connectivity index (χ0n) is 13.7. The first-order valence-corrected chi connectivity index (χ1v) is 7.52. The minimum Gasteiger partial charge on any atom is -0.479 e. The first-order valence-electron chi connectivity index (χ1n) is 7.52. The van der Waals surface area contributed by atoms with Gasteiger partial charge in [-0.1, -0.05) is 0 Å². The number of rotatable bonds is 8. The maximum atomic E-state index is 10.8.